The van der Waals surface area contributed by atoms with Gasteiger partial charge in [0.1, 0.15) is 17.7 Å². The molecule has 30 heavy (non-hydrogen) atoms. The lowest BCUT2D eigenvalue weighted by molar-refractivity contribution is -0.117. The second kappa shape index (κ2) is 11.7. The van der Waals surface area contributed by atoms with E-state index in [1.165, 1.54) is 12.1 Å². The molecule has 1 heterocycles. The zero-order valence-electron chi connectivity index (χ0n) is 17.2. The van der Waals surface area contributed by atoms with Gasteiger partial charge < -0.3 is 20.3 Å². The van der Waals surface area contributed by atoms with Gasteiger partial charge in [-0.1, -0.05) is 12.1 Å². The number of amides is 1. The van der Waals surface area contributed by atoms with Gasteiger partial charge in [0.2, 0.25) is 5.91 Å². The molecule has 6 nitrogen and oxygen atoms in total. The van der Waals surface area contributed by atoms with E-state index in [1.807, 2.05) is 36.1 Å². The molecule has 1 amide bonds. The van der Waals surface area contributed by atoms with Crippen molar-refractivity contribution in [1.82, 2.24) is 10.6 Å². The van der Waals surface area contributed by atoms with Crippen molar-refractivity contribution in [3.8, 4) is 5.75 Å². The Kier molecular flexibility index (Phi) is 9.35. The van der Waals surface area contributed by atoms with Crippen molar-refractivity contribution in [2.75, 3.05) is 25.0 Å². The quantitative estimate of drug-likeness (QED) is 0.328. The maximum atomic E-state index is 13.0. The lowest BCUT2D eigenvalue weighted by atomic mass is 10.2. The molecule has 8 heteroatoms. The van der Waals surface area contributed by atoms with Gasteiger partial charge in [0.15, 0.2) is 5.96 Å². The van der Waals surface area contributed by atoms with Crippen LogP contribution in [0.4, 0.5) is 10.1 Å². The molecule has 0 spiro atoms. The van der Waals surface area contributed by atoms with Crippen molar-refractivity contribution in [3.63, 3.8) is 0 Å². The molecule has 2 aromatic carbocycles. The number of hydrogen-bond donors (Lipinski definition) is 2. The van der Waals surface area contributed by atoms with Gasteiger partial charge in [-0.25, -0.2) is 4.39 Å². The van der Waals surface area contributed by atoms with Crippen molar-refractivity contribution < 1.29 is 13.9 Å². The highest BCUT2D eigenvalue weighted by Gasteiger charge is 2.21. The Balaban J connectivity index is 0.00000320. The molecule has 2 N–H and O–H groups in total. The fraction of sp³-hybridized carbons (Fsp3) is 0.364. The topological polar surface area (TPSA) is 66.0 Å². The van der Waals surface area contributed by atoms with Crippen molar-refractivity contribution in [2.45, 2.75) is 32.4 Å². The summed E-state index contributed by atoms with van der Waals surface area (Å²) in [7, 11) is 1.71. The minimum Gasteiger partial charge on any atom is -0.489 e. The molecule has 1 aliphatic heterocycles. The van der Waals surface area contributed by atoms with E-state index >= 15 is 0 Å². The average Bonchev–Trinajstić information content (AvgIpc) is 3.16. The lowest BCUT2D eigenvalue weighted by Gasteiger charge is -2.18. The molecule has 0 aliphatic carbocycles. The van der Waals surface area contributed by atoms with Crippen molar-refractivity contribution in [1.29, 1.82) is 0 Å². The Morgan fingerprint density at radius 3 is 2.47 bits per heavy atom. The maximum absolute atomic E-state index is 13.0. The molecule has 1 aliphatic rings. The molecule has 1 unspecified atom stereocenters. The fourth-order valence-electron chi connectivity index (χ4n) is 3.15. The number of guanidine groups is 1. The van der Waals surface area contributed by atoms with Crippen LogP contribution < -0.4 is 20.3 Å². The number of halogens is 2. The molecule has 1 saturated heterocycles. The molecule has 1 fully saturated rings. The van der Waals surface area contributed by atoms with Gasteiger partial charge >= 0.3 is 0 Å². The Labute approximate surface area is 193 Å². The van der Waals surface area contributed by atoms with E-state index in [0.29, 0.717) is 31.2 Å². The fourth-order valence-corrected chi connectivity index (χ4v) is 3.15. The summed E-state index contributed by atoms with van der Waals surface area (Å²) in [6.07, 6.45) is 1.44. The predicted molar refractivity (Wildman–Crippen MR) is 128 cm³/mol. The van der Waals surface area contributed by atoms with E-state index in [0.717, 1.165) is 24.2 Å². The van der Waals surface area contributed by atoms with E-state index in [1.54, 1.807) is 19.2 Å². The first-order valence-electron chi connectivity index (χ1n) is 9.81. The third-order valence-corrected chi connectivity index (χ3v) is 4.71. The van der Waals surface area contributed by atoms with E-state index in [2.05, 4.69) is 15.6 Å². The summed E-state index contributed by atoms with van der Waals surface area (Å²) in [6.45, 7) is 3.89. The molecule has 0 aromatic heterocycles. The smallest absolute Gasteiger partial charge is 0.227 e. The molecule has 0 bridgehead atoms. The summed E-state index contributed by atoms with van der Waals surface area (Å²) in [5.74, 6) is 1.20. The number of hydrogen-bond acceptors (Lipinski definition) is 3. The highest BCUT2D eigenvalue weighted by atomic mass is 127. The number of benzene rings is 2. The first kappa shape index (κ1) is 23.9. The van der Waals surface area contributed by atoms with Crippen LogP contribution in [0.5, 0.6) is 5.75 Å². The second-order valence-corrected chi connectivity index (χ2v) is 7.00. The second-order valence-electron chi connectivity index (χ2n) is 7.00. The van der Waals surface area contributed by atoms with Crippen molar-refractivity contribution >= 4 is 41.5 Å². The van der Waals surface area contributed by atoms with Gasteiger partial charge in [0, 0.05) is 32.2 Å². The number of anilines is 1. The SMILES string of the molecule is CN=C(NCc1ccc(N2CCCC2=O)cc1)NCC(C)Oc1ccc(F)cc1.I. The highest BCUT2D eigenvalue weighted by Crippen LogP contribution is 2.21. The molecule has 2 aromatic rings. The number of ether oxygens (including phenoxy) is 1. The first-order chi connectivity index (χ1) is 14.0. The summed E-state index contributed by atoms with van der Waals surface area (Å²) in [4.78, 5) is 17.9. The average molecular weight is 526 g/mol. The monoisotopic (exact) mass is 526 g/mol. The van der Waals surface area contributed by atoms with Gasteiger partial charge in [0.05, 0.1) is 6.54 Å². The van der Waals surface area contributed by atoms with E-state index < -0.39 is 0 Å². The van der Waals surface area contributed by atoms with Gasteiger partial charge in [0.25, 0.3) is 0 Å². The number of nitrogens with zero attached hydrogens (tertiary/aromatic N) is 2. The van der Waals surface area contributed by atoms with Crippen LogP contribution in [-0.2, 0) is 11.3 Å². The van der Waals surface area contributed by atoms with Gasteiger partial charge in [-0.3, -0.25) is 9.79 Å². The van der Waals surface area contributed by atoms with Crippen LogP contribution in [0.3, 0.4) is 0 Å². The molecular formula is C22H28FIN4O2. The van der Waals surface area contributed by atoms with Crippen LogP contribution in [0.15, 0.2) is 53.5 Å². The highest BCUT2D eigenvalue weighted by molar-refractivity contribution is 14.0. The van der Waals surface area contributed by atoms with Crippen LogP contribution in [0.2, 0.25) is 0 Å². The summed E-state index contributed by atoms with van der Waals surface area (Å²) in [6, 6.07) is 14.0. The zero-order chi connectivity index (χ0) is 20.6. The van der Waals surface area contributed by atoms with Crippen LogP contribution in [0.1, 0.15) is 25.3 Å². The summed E-state index contributed by atoms with van der Waals surface area (Å²) in [5, 5.41) is 6.48. The minimum absolute atomic E-state index is 0. The largest absolute Gasteiger partial charge is 0.489 e. The Morgan fingerprint density at radius 2 is 1.87 bits per heavy atom. The normalized spacial score (nSPS) is 14.8. The van der Waals surface area contributed by atoms with Crippen molar-refractivity contribution in [3.05, 3.63) is 59.9 Å². The Bertz CT molecular complexity index is 843. The van der Waals surface area contributed by atoms with Crippen LogP contribution >= 0.6 is 24.0 Å². The number of rotatable bonds is 7. The van der Waals surface area contributed by atoms with Crippen LogP contribution in [-0.4, -0.2) is 38.1 Å². The lowest BCUT2D eigenvalue weighted by Crippen LogP contribution is -2.41. The zero-order valence-corrected chi connectivity index (χ0v) is 19.6. The van der Waals surface area contributed by atoms with E-state index in [9.17, 15) is 9.18 Å². The van der Waals surface area contributed by atoms with Crippen molar-refractivity contribution in [2.24, 2.45) is 4.99 Å². The molecule has 0 radical (unpaired) electrons. The number of carbonyl (C=O) groups excluding carboxylic acids is 1. The van der Waals surface area contributed by atoms with E-state index in [4.69, 9.17) is 4.74 Å². The summed E-state index contributed by atoms with van der Waals surface area (Å²) < 4.78 is 18.7. The van der Waals surface area contributed by atoms with Gasteiger partial charge in [-0.2, -0.15) is 0 Å². The molecule has 3 rings (SSSR count). The molecule has 162 valence electrons. The number of nitrogens with one attached hydrogen (secondary N) is 2. The van der Waals surface area contributed by atoms with Gasteiger partial charge in [-0.15, -0.1) is 24.0 Å². The Morgan fingerprint density at radius 1 is 1.17 bits per heavy atom. The predicted octanol–water partition coefficient (Wildman–Crippen LogP) is 3.70. The maximum Gasteiger partial charge on any atom is 0.227 e. The first-order valence-corrected chi connectivity index (χ1v) is 9.81. The Hall–Kier alpha value is -2.36. The summed E-state index contributed by atoms with van der Waals surface area (Å²) in [5.41, 5.74) is 2.05. The minimum atomic E-state index is -0.284. The van der Waals surface area contributed by atoms with Crippen LogP contribution in [0.25, 0.3) is 0 Å². The number of carbonyl (C=O) groups is 1. The molecular weight excluding hydrogens is 498 g/mol. The third kappa shape index (κ3) is 6.86. The van der Waals surface area contributed by atoms with Gasteiger partial charge in [-0.05, 0) is 55.3 Å². The van der Waals surface area contributed by atoms with E-state index in [-0.39, 0.29) is 41.8 Å². The summed E-state index contributed by atoms with van der Waals surface area (Å²) >= 11 is 0. The number of aliphatic imine (C=N–C) groups is 1. The standard InChI is InChI=1S/C22H27FN4O2.HI/c1-16(29-20-11-7-18(23)8-12-20)14-25-22(24-2)26-15-17-5-9-19(10-6-17)27-13-3-4-21(27)28;/h5-12,16H,3-4,13-15H2,1-2H3,(H2,24,25,26);1H. The third-order valence-electron chi connectivity index (χ3n) is 4.71. The molecule has 1 atom stereocenters. The van der Waals surface area contributed by atoms with Crippen LogP contribution in [0, 0.1) is 5.82 Å². The molecule has 0 saturated carbocycles.